The molecular weight excluding hydrogens is 324 g/mol. The van der Waals surface area contributed by atoms with Crippen LogP contribution in [0.15, 0.2) is 30.0 Å². The molecule has 0 bridgehead atoms. The summed E-state index contributed by atoms with van der Waals surface area (Å²) >= 11 is 0. The lowest BCUT2D eigenvalue weighted by molar-refractivity contribution is -0.137. The van der Waals surface area contributed by atoms with Crippen molar-refractivity contribution in [3.63, 3.8) is 0 Å². The first kappa shape index (κ1) is 18.7. The molecule has 2 atom stereocenters. The van der Waals surface area contributed by atoms with Crippen molar-refractivity contribution in [3.8, 4) is 0 Å². The van der Waals surface area contributed by atoms with Gasteiger partial charge in [-0.15, -0.1) is 0 Å². The van der Waals surface area contributed by atoms with E-state index in [-0.39, 0.29) is 11.8 Å². The largest absolute Gasteiger partial charge is 0.366 e. The average Bonchev–Trinajstić information content (AvgIpc) is 2.83. The number of amides is 2. The van der Waals surface area contributed by atoms with Gasteiger partial charge in [0.05, 0.1) is 5.57 Å². The first-order valence-corrected chi connectivity index (χ1v) is 9.84. The zero-order valence-corrected chi connectivity index (χ0v) is 16.4. The quantitative estimate of drug-likeness (QED) is 0.754. The van der Waals surface area contributed by atoms with Gasteiger partial charge in [0.25, 0.3) is 11.8 Å². The van der Waals surface area contributed by atoms with Gasteiger partial charge in [0.1, 0.15) is 5.70 Å². The second-order valence-corrected chi connectivity index (χ2v) is 8.06. The van der Waals surface area contributed by atoms with Crippen molar-refractivity contribution in [2.75, 3.05) is 19.6 Å². The van der Waals surface area contributed by atoms with Gasteiger partial charge in [-0.2, -0.15) is 0 Å². The Kier molecular flexibility index (Phi) is 5.49. The highest BCUT2D eigenvalue weighted by Gasteiger charge is 2.42. The Balaban J connectivity index is 2.04. The zero-order valence-electron chi connectivity index (χ0n) is 16.4. The predicted molar refractivity (Wildman–Crippen MR) is 104 cm³/mol. The highest BCUT2D eigenvalue weighted by Crippen LogP contribution is 2.35. The molecule has 4 nitrogen and oxygen atoms in total. The number of unbranched alkanes of at least 4 members (excludes halogenated alkanes) is 1. The van der Waals surface area contributed by atoms with E-state index in [2.05, 4.69) is 25.7 Å². The van der Waals surface area contributed by atoms with E-state index in [0.29, 0.717) is 29.7 Å². The number of imide groups is 1. The van der Waals surface area contributed by atoms with Crippen molar-refractivity contribution < 1.29 is 9.59 Å². The molecule has 1 aromatic carbocycles. The second kappa shape index (κ2) is 7.65. The normalized spacial score (nSPS) is 24.0. The van der Waals surface area contributed by atoms with Gasteiger partial charge in [-0.05, 0) is 37.2 Å². The van der Waals surface area contributed by atoms with Crippen molar-refractivity contribution in [2.45, 2.75) is 47.0 Å². The Hall–Kier alpha value is -2.10. The van der Waals surface area contributed by atoms with Gasteiger partial charge in [0.15, 0.2) is 0 Å². The van der Waals surface area contributed by atoms with E-state index in [4.69, 9.17) is 0 Å². The van der Waals surface area contributed by atoms with E-state index in [1.54, 1.807) is 0 Å². The van der Waals surface area contributed by atoms with E-state index >= 15 is 0 Å². The van der Waals surface area contributed by atoms with Gasteiger partial charge >= 0.3 is 0 Å². The SMILES string of the molecule is CCCCN1C(=O)C(c2ccc(C)cc2)=C(N2CC(C)CC(C)C2)C1=O. The molecule has 1 saturated heterocycles. The lowest BCUT2D eigenvalue weighted by atomic mass is 9.91. The number of rotatable bonds is 5. The Labute approximate surface area is 156 Å². The molecule has 0 spiro atoms. The molecule has 2 heterocycles. The number of piperidine rings is 1. The lowest BCUT2D eigenvalue weighted by Gasteiger charge is -2.37. The smallest absolute Gasteiger partial charge is 0.277 e. The van der Waals surface area contributed by atoms with Gasteiger partial charge in [-0.1, -0.05) is 57.0 Å². The molecule has 26 heavy (non-hydrogen) atoms. The van der Waals surface area contributed by atoms with Crippen LogP contribution in [0.4, 0.5) is 0 Å². The molecule has 140 valence electrons. The minimum Gasteiger partial charge on any atom is -0.366 e. The lowest BCUT2D eigenvalue weighted by Crippen LogP contribution is -2.42. The summed E-state index contributed by atoms with van der Waals surface area (Å²) in [5, 5.41) is 0. The summed E-state index contributed by atoms with van der Waals surface area (Å²) in [5.74, 6) is 0.810. The Morgan fingerprint density at radius 2 is 1.62 bits per heavy atom. The number of likely N-dealkylation sites (tertiary alicyclic amines) is 1. The summed E-state index contributed by atoms with van der Waals surface area (Å²) in [4.78, 5) is 30.0. The van der Waals surface area contributed by atoms with Crippen LogP contribution >= 0.6 is 0 Å². The van der Waals surface area contributed by atoms with E-state index in [1.165, 1.54) is 11.3 Å². The van der Waals surface area contributed by atoms with Crippen LogP contribution in [0, 0.1) is 18.8 Å². The van der Waals surface area contributed by atoms with E-state index < -0.39 is 0 Å². The van der Waals surface area contributed by atoms with E-state index in [0.717, 1.165) is 37.1 Å². The number of aryl methyl sites for hydroxylation is 1. The molecule has 1 fully saturated rings. The van der Waals surface area contributed by atoms with Crippen LogP contribution < -0.4 is 0 Å². The van der Waals surface area contributed by atoms with Gasteiger partial charge in [-0.25, -0.2) is 0 Å². The molecule has 0 aromatic heterocycles. The molecule has 0 N–H and O–H groups in total. The first-order chi connectivity index (χ1) is 12.4. The molecule has 0 saturated carbocycles. The van der Waals surface area contributed by atoms with Crippen LogP contribution in [0.25, 0.3) is 5.57 Å². The number of benzene rings is 1. The summed E-state index contributed by atoms with van der Waals surface area (Å²) in [6, 6.07) is 7.95. The summed E-state index contributed by atoms with van der Waals surface area (Å²) in [5.41, 5.74) is 3.21. The monoisotopic (exact) mass is 354 g/mol. The zero-order chi connectivity index (χ0) is 18.8. The fourth-order valence-corrected chi connectivity index (χ4v) is 4.20. The van der Waals surface area contributed by atoms with Crippen molar-refractivity contribution in [1.82, 2.24) is 9.80 Å². The molecule has 2 aliphatic rings. The molecule has 0 radical (unpaired) electrons. The number of hydrogen-bond donors (Lipinski definition) is 0. The minimum absolute atomic E-state index is 0.111. The van der Waals surface area contributed by atoms with Crippen LogP contribution in [-0.4, -0.2) is 41.2 Å². The Morgan fingerprint density at radius 1 is 1.00 bits per heavy atom. The predicted octanol–water partition coefficient (Wildman–Crippen LogP) is 3.85. The van der Waals surface area contributed by atoms with Crippen LogP contribution in [0.2, 0.25) is 0 Å². The second-order valence-electron chi connectivity index (χ2n) is 8.06. The summed E-state index contributed by atoms with van der Waals surface area (Å²) < 4.78 is 0. The third-order valence-electron chi connectivity index (χ3n) is 5.40. The molecule has 1 aromatic rings. The average molecular weight is 354 g/mol. The molecule has 2 unspecified atom stereocenters. The van der Waals surface area contributed by atoms with Crippen molar-refractivity contribution in [2.24, 2.45) is 11.8 Å². The van der Waals surface area contributed by atoms with Gasteiger partial charge in [0.2, 0.25) is 0 Å². The minimum atomic E-state index is -0.131. The first-order valence-electron chi connectivity index (χ1n) is 9.84. The highest BCUT2D eigenvalue weighted by atomic mass is 16.2. The molecule has 0 aliphatic carbocycles. The fourth-order valence-electron chi connectivity index (χ4n) is 4.20. The van der Waals surface area contributed by atoms with Crippen LogP contribution in [0.3, 0.4) is 0 Å². The van der Waals surface area contributed by atoms with E-state index in [9.17, 15) is 9.59 Å². The van der Waals surface area contributed by atoms with Crippen LogP contribution in [0.1, 0.15) is 51.2 Å². The number of nitrogens with zero attached hydrogens (tertiary/aromatic N) is 2. The van der Waals surface area contributed by atoms with Gasteiger partial charge in [0, 0.05) is 19.6 Å². The maximum Gasteiger partial charge on any atom is 0.277 e. The van der Waals surface area contributed by atoms with Crippen molar-refractivity contribution >= 4 is 17.4 Å². The van der Waals surface area contributed by atoms with Crippen LogP contribution in [-0.2, 0) is 9.59 Å². The standard InChI is InChI=1S/C22H30N2O2/c1-5-6-11-24-21(25)19(18-9-7-15(2)8-10-18)20(22(24)26)23-13-16(3)12-17(4)14-23/h7-10,16-17H,5-6,11-14H2,1-4H3. The maximum atomic E-state index is 13.2. The topological polar surface area (TPSA) is 40.6 Å². The van der Waals surface area contributed by atoms with Crippen molar-refractivity contribution in [1.29, 1.82) is 0 Å². The molecular formula is C22H30N2O2. The Morgan fingerprint density at radius 3 is 2.19 bits per heavy atom. The summed E-state index contributed by atoms with van der Waals surface area (Å²) in [6.07, 6.45) is 2.98. The molecule has 2 amide bonds. The highest BCUT2D eigenvalue weighted by molar-refractivity contribution is 6.35. The molecule has 4 heteroatoms. The number of carbonyl (C=O) groups excluding carboxylic acids is 2. The maximum absolute atomic E-state index is 13.2. The summed E-state index contributed by atoms with van der Waals surface area (Å²) in [7, 11) is 0. The number of carbonyl (C=O) groups is 2. The number of hydrogen-bond acceptors (Lipinski definition) is 3. The molecule has 2 aliphatic heterocycles. The third-order valence-corrected chi connectivity index (χ3v) is 5.40. The summed E-state index contributed by atoms with van der Waals surface area (Å²) in [6.45, 7) is 10.8. The third kappa shape index (κ3) is 3.55. The molecule has 3 rings (SSSR count). The Bertz CT molecular complexity index is 710. The van der Waals surface area contributed by atoms with Crippen LogP contribution in [0.5, 0.6) is 0 Å². The van der Waals surface area contributed by atoms with E-state index in [1.807, 2.05) is 31.2 Å². The van der Waals surface area contributed by atoms with Gasteiger partial charge < -0.3 is 4.90 Å². The van der Waals surface area contributed by atoms with Gasteiger partial charge in [-0.3, -0.25) is 14.5 Å². The van der Waals surface area contributed by atoms with Crippen molar-refractivity contribution in [3.05, 3.63) is 41.1 Å². The fraction of sp³-hybridized carbons (Fsp3) is 0.545.